The minimum absolute atomic E-state index is 0.382. The highest BCUT2D eigenvalue weighted by atomic mass is 16.6. The van der Waals surface area contributed by atoms with Gasteiger partial charge < -0.3 is 25.2 Å². The summed E-state index contributed by atoms with van der Waals surface area (Å²) < 4.78 is 4.96. The van der Waals surface area contributed by atoms with Crippen molar-refractivity contribution in [1.82, 2.24) is 5.32 Å². The fourth-order valence-electron chi connectivity index (χ4n) is 1.26. The molecule has 0 radical (unpaired) electrons. The van der Waals surface area contributed by atoms with Crippen LogP contribution in [0.1, 0.15) is 0 Å². The Balaban J connectivity index is 2.44. The van der Waals surface area contributed by atoms with E-state index in [0.29, 0.717) is 0 Å². The van der Waals surface area contributed by atoms with Crippen molar-refractivity contribution in [3.63, 3.8) is 0 Å². The second-order valence-corrected chi connectivity index (χ2v) is 3.03. The first-order valence-electron chi connectivity index (χ1n) is 4.14. The third kappa shape index (κ3) is 2.40. The monoisotopic (exact) mass is 207 g/mol. The number of aliphatic carboxylic acids is 1. The molecule has 1 heterocycles. The van der Waals surface area contributed by atoms with Crippen molar-refractivity contribution in [3.8, 4) is 0 Å². The summed E-state index contributed by atoms with van der Waals surface area (Å²) in [7, 11) is 0. The SMILES string of the molecule is O=C(O)CNC1O[C@H](CO)[C@@H](O)[C@H]1O. The number of rotatable bonds is 4. The summed E-state index contributed by atoms with van der Waals surface area (Å²) in [6.07, 6.45) is -4.27. The van der Waals surface area contributed by atoms with Crippen LogP contribution in [0, 0.1) is 0 Å². The van der Waals surface area contributed by atoms with Crippen LogP contribution in [0.5, 0.6) is 0 Å². The molecule has 0 bridgehead atoms. The molecule has 1 unspecified atom stereocenters. The zero-order valence-electron chi connectivity index (χ0n) is 7.33. The fraction of sp³-hybridized carbons (Fsp3) is 0.857. The van der Waals surface area contributed by atoms with Crippen molar-refractivity contribution in [2.75, 3.05) is 13.2 Å². The highest BCUT2D eigenvalue weighted by molar-refractivity contribution is 5.69. The van der Waals surface area contributed by atoms with E-state index in [4.69, 9.17) is 14.9 Å². The topological polar surface area (TPSA) is 119 Å². The predicted molar refractivity (Wildman–Crippen MR) is 43.4 cm³/mol. The first-order valence-corrected chi connectivity index (χ1v) is 4.14. The van der Waals surface area contributed by atoms with E-state index in [1.807, 2.05) is 0 Å². The Bertz CT molecular complexity index is 210. The number of aliphatic hydroxyl groups is 3. The van der Waals surface area contributed by atoms with E-state index in [-0.39, 0.29) is 6.54 Å². The maximum absolute atomic E-state index is 10.2. The molecule has 1 saturated heterocycles. The normalized spacial score (nSPS) is 37.4. The minimum Gasteiger partial charge on any atom is -0.480 e. The number of carboxylic acids is 1. The van der Waals surface area contributed by atoms with Gasteiger partial charge in [0.1, 0.15) is 24.5 Å². The zero-order chi connectivity index (χ0) is 10.7. The van der Waals surface area contributed by atoms with Gasteiger partial charge in [0.25, 0.3) is 0 Å². The molecule has 0 aliphatic carbocycles. The molecule has 5 N–H and O–H groups in total. The number of hydrogen-bond donors (Lipinski definition) is 5. The molecule has 1 aliphatic heterocycles. The van der Waals surface area contributed by atoms with E-state index < -0.39 is 37.1 Å². The van der Waals surface area contributed by atoms with Gasteiger partial charge in [-0.1, -0.05) is 0 Å². The Morgan fingerprint density at radius 3 is 2.43 bits per heavy atom. The average Bonchev–Trinajstić information content (AvgIpc) is 2.41. The van der Waals surface area contributed by atoms with Crippen LogP contribution >= 0.6 is 0 Å². The third-order valence-corrected chi connectivity index (χ3v) is 2.00. The molecule has 0 spiro atoms. The van der Waals surface area contributed by atoms with Crippen LogP contribution in [0.15, 0.2) is 0 Å². The molecule has 0 amide bonds. The van der Waals surface area contributed by atoms with Crippen molar-refractivity contribution in [2.24, 2.45) is 0 Å². The van der Waals surface area contributed by atoms with Crippen LogP contribution in [0.4, 0.5) is 0 Å². The summed E-state index contributed by atoms with van der Waals surface area (Å²) in [5.41, 5.74) is 0. The van der Waals surface area contributed by atoms with Gasteiger partial charge in [-0.25, -0.2) is 0 Å². The van der Waals surface area contributed by atoms with Crippen LogP contribution in [0.2, 0.25) is 0 Å². The van der Waals surface area contributed by atoms with E-state index in [2.05, 4.69) is 5.32 Å². The van der Waals surface area contributed by atoms with Gasteiger partial charge in [0, 0.05) is 0 Å². The Morgan fingerprint density at radius 1 is 1.36 bits per heavy atom. The molecule has 0 aromatic carbocycles. The third-order valence-electron chi connectivity index (χ3n) is 2.00. The van der Waals surface area contributed by atoms with Gasteiger partial charge in [0.15, 0.2) is 0 Å². The number of carbonyl (C=O) groups is 1. The van der Waals surface area contributed by atoms with Crippen LogP contribution in [0.3, 0.4) is 0 Å². The summed E-state index contributed by atoms with van der Waals surface area (Å²) >= 11 is 0. The molecule has 7 nitrogen and oxygen atoms in total. The van der Waals surface area contributed by atoms with Gasteiger partial charge in [0.05, 0.1) is 13.2 Å². The molecule has 4 atom stereocenters. The second-order valence-electron chi connectivity index (χ2n) is 3.03. The Kier molecular flexibility index (Phi) is 3.78. The Morgan fingerprint density at radius 2 is 2.00 bits per heavy atom. The standard InChI is InChI=1S/C7H13NO6/c9-2-3-5(12)6(13)7(14-3)8-1-4(10)11/h3,5-9,12-13H,1-2H2,(H,10,11)/t3-,5-,6-,7?/m1/s1. The van der Waals surface area contributed by atoms with Gasteiger partial charge >= 0.3 is 5.97 Å². The van der Waals surface area contributed by atoms with Gasteiger partial charge in [0.2, 0.25) is 0 Å². The summed E-state index contributed by atoms with van der Waals surface area (Å²) in [6, 6.07) is 0. The lowest BCUT2D eigenvalue weighted by atomic mass is 10.1. The quantitative estimate of drug-likeness (QED) is 0.335. The van der Waals surface area contributed by atoms with Crippen LogP contribution in [-0.4, -0.2) is 64.1 Å². The van der Waals surface area contributed by atoms with Crippen LogP contribution < -0.4 is 5.32 Å². The van der Waals surface area contributed by atoms with E-state index >= 15 is 0 Å². The lowest BCUT2D eigenvalue weighted by Crippen LogP contribution is -2.42. The number of aliphatic hydroxyl groups excluding tert-OH is 3. The molecule has 82 valence electrons. The van der Waals surface area contributed by atoms with Crippen molar-refractivity contribution in [1.29, 1.82) is 0 Å². The molecule has 0 aromatic heterocycles. The number of carboxylic acid groups (broad SMARTS) is 1. The highest BCUT2D eigenvalue weighted by Crippen LogP contribution is 2.18. The van der Waals surface area contributed by atoms with Gasteiger partial charge in [-0.15, -0.1) is 0 Å². The molecule has 14 heavy (non-hydrogen) atoms. The van der Waals surface area contributed by atoms with Crippen LogP contribution in [-0.2, 0) is 9.53 Å². The maximum Gasteiger partial charge on any atom is 0.317 e. The van der Waals surface area contributed by atoms with Crippen molar-refractivity contribution in [2.45, 2.75) is 24.5 Å². The highest BCUT2D eigenvalue weighted by Gasteiger charge is 2.42. The van der Waals surface area contributed by atoms with Crippen molar-refractivity contribution in [3.05, 3.63) is 0 Å². The second kappa shape index (κ2) is 4.67. The molecule has 7 heteroatoms. The minimum atomic E-state index is -1.23. The molecular formula is C7H13NO6. The Hall–Kier alpha value is -0.730. The lowest BCUT2D eigenvalue weighted by molar-refractivity contribution is -0.137. The average molecular weight is 207 g/mol. The lowest BCUT2D eigenvalue weighted by Gasteiger charge is -2.14. The summed E-state index contributed by atoms with van der Waals surface area (Å²) in [4.78, 5) is 10.2. The maximum atomic E-state index is 10.2. The van der Waals surface area contributed by atoms with Crippen molar-refractivity contribution >= 4 is 5.97 Å². The van der Waals surface area contributed by atoms with Crippen LogP contribution in [0.25, 0.3) is 0 Å². The molecular weight excluding hydrogens is 194 g/mol. The summed E-state index contributed by atoms with van der Waals surface area (Å²) in [5, 5.41) is 38.0. The fourth-order valence-corrected chi connectivity index (χ4v) is 1.26. The Labute approximate surface area is 79.9 Å². The number of hydrogen-bond acceptors (Lipinski definition) is 6. The number of nitrogens with one attached hydrogen (secondary N) is 1. The number of ether oxygens (including phenoxy) is 1. The summed E-state index contributed by atoms with van der Waals surface area (Å²) in [5.74, 6) is -1.09. The molecule has 1 aliphatic rings. The molecule has 1 fully saturated rings. The first kappa shape index (κ1) is 11.3. The van der Waals surface area contributed by atoms with E-state index in [1.165, 1.54) is 0 Å². The molecule has 0 saturated carbocycles. The zero-order valence-corrected chi connectivity index (χ0v) is 7.33. The first-order chi connectivity index (χ1) is 6.56. The molecule has 1 rings (SSSR count). The van der Waals surface area contributed by atoms with Gasteiger partial charge in [-0.3, -0.25) is 10.1 Å². The van der Waals surface area contributed by atoms with E-state index in [0.717, 1.165) is 0 Å². The van der Waals surface area contributed by atoms with Gasteiger partial charge in [-0.05, 0) is 0 Å². The predicted octanol–water partition coefficient (Wildman–Crippen LogP) is -2.90. The molecule has 0 aromatic rings. The largest absolute Gasteiger partial charge is 0.480 e. The van der Waals surface area contributed by atoms with E-state index in [1.54, 1.807) is 0 Å². The van der Waals surface area contributed by atoms with Gasteiger partial charge in [-0.2, -0.15) is 0 Å². The van der Waals surface area contributed by atoms with E-state index in [9.17, 15) is 15.0 Å². The van der Waals surface area contributed by atoms with Crippen molar-refractivity contribution < 1.29 is 30.0 Å². The smallest absolute Gasteiger partial charge is 0.317 e. The summed E-state index contributed by atoms with van der Waals surface area (Å²) in [6.45, 7) is -0.809.